The molecule has 9 rings (SSSR count). The third-order valence-corrected chi connectivity index (χ3v) is 20.1. The Bertz CT molecular complexity index is 3870. The van der Waals surface area contributed by atoms with Crippen molar-refractivity contribution >= 4 is 92.3 Å². The van der Waals surface area contributed by atoms with Crippen molar-refractivity contribution in [2.45, 2.75) is 136 Å². The van der Waals surface area contributed by atoms with Crippen molar-refractivity contribution in [1.29, 1.82) is 0 Å². The second kappa shape index (κ2) is 33.2. The number of aliphatic imine (C=N–C) groups is 1. The van der Waals surface area contributed by atoms with Crippen LogP contribution in [0.2, 0.25) is 0 Å². The van der Waals surface area contributed by atoms with E-state index in [1.165, 1.54) is 50.5 Å². The quantitative estimate of drug-likeness (QED) is 0.00802. The minimum Gasteiger partial charge on any atom is -0.491 e. The van der Waals surface area contributed by atoms with E-state index in [4.69, 9.17) is 44.1 Å². The predicted molar refractivity (Wildman–Crippen MR) is 373 cm³/mol. The number of benzene rings is 3. The van der Waals surface area contributed by atoms with E-state index in [-0.39, 0.29) is 105 Å². The molecule has 5 aromatic rings. The van der Waals surface area contributed by atoms with Crippen LogP contribution in [0.25, 0.3) is 21.5 Å². The molecule has 0 radical (unpaired) electrons. The summed E-state index contributed by atoms with van der Waals surface area (Å²) in [6.45, 7) is 12.9. The number of aldehydes is 2. The number of allylic oxidation sites excluding steroid dienone is 2. The topological polar surface area (TPSA) is 343 Å². The van der Waals surface area contributed by atoms with E-state index < -0.39 is 76.8 Å². The van der Waals surface area contributed by atoms with Crippen molar-refractivity contribution in [2.24, 2.45) is 27.0 Å². The summed E-state index contributed by atoms with van der Waals surface area (Å²) in [5.74, 6) is -2.66. The number of hydrogen-bond acceptors (Lipinski definition) is 20. The normalized spacial score (nSPS) is 22.8. The molecular formula is C71H91N9O17S2. The van der Waals surface area contributed by atoms with E-state index in [1.807, 2.05) is 19.1 Å². The summed E-state index contributed by atoms with van der Waals surface area (Å²) in [5.41, 5.74) is 13.0. The molecule has 7 N–H and O–H groups in total. The largest absolute Gasteiger partial charge is 0.491 e. The van der Waals surface area contributed by atoms with Crippen LogP contribution in [0.5, 0.6) is 11.5 Å². The van der Waals surface area contributed by atoms with Gasteiger partial charge in [-0.15, -0.1) is 0 Å². The van der Waals surface area contributed by atoms with E-state index in [9.17, 15) is 52.5 Å². The minimum atomic E-state index is -2.46. The van der Waals surface area contributed by atoms with Gasteiger partial charge in [-0.3, -0.25) is 32.9 Å². The monoisotopic (exact) mass is 1410 g/mol. The van der Waals surface area contributed by atoms with Gasteiger partial charge in [-0.25, -0.2) is 18.8 Å². The van der Waals surface area contributed by atoms with Gasteiger partial charge in [0.2, 0.25) is 24.0 Å². The van der Waals surface area contributed by atoms with Crippen molar-refractivity contribution in [2.75, 3.05) is 83.9 Å². The molecule has 3 fully saturated rings. The first kappa shape index (κ1) is 74.8. The number of pyridine rings is 1. The van der Waals surface area contributed by atoms with E-state index in [2.05, 4.69) is 89.6 Å². The van der Waals surface area contributed by atoms with Gasteiger partial charge in [-0.2, -0.15) is 0 Å². The lowest BCUT2D eigenvalue weighted by Crippen LogP contribution is -2.57. The summed E-state index contributed by atoms with van der Waals surface area (Å²) in [5, 5.41) is 25.0. The zero-order valence-electron chi connectivity index (χ0n) is 57.1. The van der Waals surface area contributed by atoms with Crippen LogP contribution in [0.1, 0.15) is 119 Å². The first-order valence-corrected chi connectivity index (χ1v) is 35.2. The molecule has 8 atom stereocenters. The van der Waals surface area contributed by atoms with Gasteiger partial charge in [0.05, 0.1) is 53.2 Å². The number of para-hydroxylation sites is 1. The fraction of sp³-hybridized carbons (Fsp3) is 0.507. The standard InChI is InChI=1S/C71H91N9O17S2/c1-46(52(35-72)51-19-20-61(75-54(51)37-82)79-25-21-47-12-10-14-56(53(47)36-79)80-57-13-8-9-15-60(57)98-80)74-45-70(5)42-69(4)40-68(2,3)41-71(43-69,44-70)95-29-26-78(7)67(89)94-38-48-17-18-50(96-64-33-49(83)32-59(97-64)66(87)88)34-58(48)93-31-30-92-28-23-73-65(86)55(39-99(90)91)76-62(84)22-24-77(6)63(85)16-11-27-81/h8-20,27,34-35,37,49,55,59,64,83H,21-26,28-33,36,38-45,72H2,1-7H3,(H,73,86)(H,76,84)(H,87,88)(H,90,91)/b16-11-,52-35?,74-46?. The van der Waals surface area contributed by atoms with E-state index >= 15 is 0 Å². The number of fused-ring (bicyclic) bond motifs is 4. The highest BCUT2D eigenvalue weighted by atomic mass is 32.2. The fourth-order valence-electron chi connectivity index (χ4n) is 14.8. The number of aliphatic carboxylic acids is 1. The molecule has 1 saturated heterocycles. The summed E-state index contributed by atoms with van der Waals surface area (Å²) in [4.78, 5) is 102. The van der Waals surface area contributed by atoms with Crippen molar-refractivity contribution in [3.63, 3.8) is 0 Å². The molecule has 3 aromatic carbocycles. The van der Waals surface area contributed by atoms with Gasteiger partial charge in [0.25, 0.3) is 0 Å². The van der Waals surface area contributed by atoms with Gasteiger partial charge >= 0.3 is 12.1 Å². The van der Waals surface area contributed by atoms with Crippen molar-refractivity contribution in [1.82, 2.24) is 29.4 Å². The number of hydrogen-bond donors (Lipinski definition) is 6. The average Bonchev–Trinajstić information content (AvgIpc) is 0.734. The second-order valence-electron chi connectivity index (χ2n) is 27.6. The number of carboxylic acid groups (broad SMARTS) is 1. The molecule has 2 saturated carbocycles. The maximum Gasteiger partial charge on any atom is 0.409 e. The minimum absolute atomic E-state index is 0.000895. The van der Waals surface area contributed by atoms with Crippen LogP contribution < -0.4 is 30.7 Å². The number of nitrogens with zero attached hydrogens (tertiary/aromatic N) is 6. The second-order valence-corrected chi connectivity index (χ2v) is 29.6. The number of likely N-dealkylation sites (N-methyl/N-ethyl adjacent to an activating group) is 2. The van der Waals surface area contributed by atoms with Crippen LogP contribution in [-0.4, -0.2) is 195 Å². The number of carbonyl (C=O) groups is 7. The first-order valence-electron chi connectivity index (χ1n) is 33.1. The lowest BCUT2D eigenvalue weighted by molar-refractivity contribution is -0.195. The number of ether oxygens (including phenoxy) is 6. The summed E-state index contributed by atoms with van der Waals surface area (Å²) < 4.78 is 61.0. The van der Waals surface area contributed by atoms with Gasteiger partial charge in [-0.05, 0) is 121 Å². The average molecular weight is 1410 g/mol. The number of carbonyl (C=O) groups excluding carboxylic acids is 6. The zero-order valence-corrected chi connectivity index (χ0v) is 58.7. The Balaban J connectivity index is 0.789. The number of nitrogens with two attached hydrogens (primary N) is 1. The number of rotatable bonds is 32. The Hall–Kier alpha value is -8.38. The molecule has 2 aliphatic heterocycles. The van der Waals surface area contributed by atoms with E-state index in [1.54, 1.807) is 30.7 Å². The van der Waals surface area contributed by atoms with E-state index in [0.29, 0.717) is 47.6 Å². The summed E-state index contributed by atoms with van der Waals surface area (Å²) in [6, 6.07) is 22.1. The lowest BCUT2D eigenvalue weighted by Gasteiger charge is -2.61. The molecule has 28 heteroatoms. The number of aromatic nitrogens is 2. The van der Waals surface area contributed by atoms with Crippen LogP contribution in [0.4, 0.5) is 10.6 Å². The first-order chi connectivity index (χ1) is 47.2. The number of carboxylic acids is 1. The SMILES string of the molecule is CC(=NCC1(C)CC2(C)CC(C)(C)CC(OCCN(C)C(=O)OCc3ccc(OC4CC(O)CC(C(=O)O)O4)cc3OCCOCCNC(=O)C(CS(=O)O)NC(=O)CCN(C)C(=O)/C=C\C=O)(C1)C2)C(=CN)c1ccc(N2CCc3cccc(-n4sc5ccccc54)c3C2)nc1C=O. The summed E-state index contributed by atoms with van der Waals surface area (Å²) >= 11 is -0.732. The Labute approximate surface area is 582 Å². The Morgan fingerprint density at radius 1 is 0.939 bits per heavy atom. The molecule has 2 bridgehead atoms. The zero-order chi connectivity index (χ0) is 71.2. The summed E-state index contributed by atoms with van der Waals surface area (Å²) in [6.07, 6.45) is 5.51. The number of aliphatic hydroxyl groups is 1. The molecule has 4 aliphatic rings. The number of anilines is 1. The third kappa shape index (κ3) is 19.8. The highest BCUT2D eigenvalue weighted by Gasteiger charge is 2.58. The number of nitrogens with one attached hydrogen (secondary N) is 2. The summed E-state index contributed by atoms with van der Waals surface area (Å²) in [7, 11) is 3.04. The van der Waals surface area contributed by atoms with Crippen LogP contribution in [-0.2, 0) is 73.6 Å². The molecule has 0 spiro atoms. The Morgan fingerprint density at radius 3 is 2.48 bits per heavy atom. The van der Waals surface area contributed by atoms with Crippen LogP contribution in [0, 0.1) is 16.2 Å². The predicted octanol–water partition coefficient (Wildman–Crippen LogP) is 7.41. The third-order valence-electron chi connectivity index (χ3n) is 18.4. The highest BCUT2D eigenvalue weighted by molar-refractivity contribution is 7.79. The smallest absolute Gasteiger partial charge is 0.409 e. The van der Waals surface area contributed by atoms with Crippen molar-refractivity contribution in [3.05, 3.63) is 119 Å². The molecule has 8 unspecified atom stereocenters. The molecule has 2 aromatic heterocycles. The van der Waals surface area contributed by atoms with Gasteiger partial charge < -0.3 is 74.3 Å². The van der Waals surface area contributed by atoms with Gasteiger partial charge in [0, 0.05) is 113 Å². The Kier molecular flexibility index (Phi) is 25.1. The molecule has 2 aliphatic carbocycles. The molecule has 4 amide bonds. The highest BCUT2D eigenvalue weighted by Crippen LogP contribution is 2.63. The maximum absolute atomic E-state index is 13.8. The lowest BCUT2D eigenvalue weighted by atomic mass is 9.48. The Morgan fingerprint density at radius 2 is 1.74 bits per heavy atom. The molecule has 99 heavy (non-hydrogen) atoms. The van der Waals surface area contributed by atoms with E-state index in [0.717, 1.165) is 69.2 Å². The molecule has 4 heterocycles. The number of amides is 4. The fourth-order valence-corrected chi connectivity index (χ4v) is 16.3. The maximum atomic E-state index is 13.8. The van der Waals surface area contributed by atoms with Gasteiger partial charge in [0.15, 0.2) is 23.5 Å². The van der Waals surface area contributed by atoms with Crippen LogP contribution in [0.15, 0.2) is 96.1 Å². The molecule has 26 nitrogen and oxygen atoms in total. The van der Waals surface area contributed by atoms with Crippen molar-refractivity contribution in [3.8, 4) is 17.2 Å². The van der Waals surface area contributed by atoms with Crippen LogP contribution >= 0.6 is 11.5 Å². The van der Waals surface area contributed by atoms with Gasteiger partial charge in [-0.1, -0.05) is 63.5 Å². The van der Waals surface area contributed by atoms with Gasteiger partial charge in [0.1, 0.15) is 48.6 Å². The van der Waals surface area contributed by atoms with Crippen molar-refractivity contribution < 1.29 is 81.0 Å². The van der Waals surface area contributed by atoms with Crippen LogP contribution in [0.3, 0.4) is 0 Å². The molecular weight excluding hydrogens is 1310 g/mol. The number of aliphatic hydroxyl groups excluding tert-OH is 1. The molecule has 534 valence electrons.